The molecule has 29 heavy (non-hydrogen) atoms. The summed E-state index contributed by atoms with van der Waals surface area (Å²) < 4.78 is 0. The van der Waals surface area contributed by atoms with E-state index in [0.717, 1.165) is 11.1 Å². The monoisotopic (exact) mass is 398 g/mol. The van der Waals surface area contributed by atoms with Gasteiger partial charge in [0.1, 0.15) is 6.04 Å². The molecule has 1 aromatic rings. The van der Waals surface area contributed by atoms with Gasteiger partial charge in [-0.15, -0.1) is 0 Å². The number of hydrogen-bond donors (Lipinski definition) is 3. The summed E-state index contributed by atoms with van der Waals surface area (Å²) in [6, 6.07) is 5.74. The zero-order valence-electron chi connectivity index (χ0n) is 17.5. The molecular weight excluding hydrogens is 368 g/mol. The molecule has 1 aliphatic carbocycles. The zero-order chi connectivity index (χ0) is 21.1. The van der Waals surface area contributed by atoms with Crippen LogP contribution in [-0.2, 0) is 22.7 Å². The van der Waals surface area contributed by atoms with Crippen LogP contribution in [0.4, 0.5) is 0 Å². The van der Waals surface area contributed by atoms with Crippen LogP contribution >= 0.6 is 0 Å². The maximum atomic E-state index is 12.8. The van der Waals surface area contributed by atoms with Gasteiger partial charge in [0.25, 0.3) is 5.91 Å². The summed E-state index contributed by atoms with van der Waals surface area (Å²) in [5, 5.41) is 5.99. The van der Waals surface area contributed by atoms with Crippen molar-refractivity contribution in [2.75, 3.05) is 0 Å². The molecule has 0 radical (unpaired) electrons. The molecule has 4 rings (SSSR count). The van der Waals surface area contributed by atoms with Crippen molar-refractivity contribution in [1.29, 1.82) is 0 Å². The number of hydrogen-bond acceptors (Lipinski definition) is 5. The number of piperidine rings is 1. The van der Waals surface area contributed by atoms with Crippen molar-refractivity contribution in [2.45, 2.75) is 71.8 Å². The number of nitrogens with two attached hydrogens (primary N) is 1. The molecule has 7 nitrogen and oxygen atoms in total. The highest BCUT2D eigenvalue weighted by Crippen LogP contribution is 2.52. The summed E-state index contributed by atoms with van der Waals surface area (Å²) in [6.07, 6.45) is 0.645. The summed E-state index contributed by atoms with van der Waals surface area (Å²) in [5.41, 5.74) is 9.09. The molecule has 3 amide bonds. The first-order chi connectivity index (χ1) is 13.5. The maximum Gasteiger partial charge on any atom is 0.255 e. The van der Waals surface area contributed by atoms with E-state index < -0.39 is 6.04 Å². The van der Waals surface area contributed by atoms with Crippen LogP contribution in [-0.4, -0.2) is 40.7 Å². The third-order valence-electron chi connectivity index (χ3n) is 7.19. The van der Waals surface area contributed by atoms with Gasteiger partial charge in [0.2, 0.25) is 11.8 Å². The molecule has 2 heterocycles. The summed E-state index contributed by atoms with van der Waals surface area (Å²) >= 11 is 0. The number of rotatable bonds is 4. The molecule has 7 heteroatoms. The lowest BCUT2D eigenvalue weighted by molar-refractivity contribution is -0.136. The van der Waals surface area contributed by atoms with Crippen LogP contribution in [0.3, 0.4) is 0 Å². The van der Waals surface area contributed by atoms with Crippen molar-refractivity contribution < 1.29 is 14.4 Å². The molecule has 0 aromatic heterocycles. The Balaban J connectivity index is 1.45. The molecule has 1 saturated carbocycles. The molecule has 1 aromatic carbocycles. The van der Waals surface area contributed by atoms with Crippen molar-refractivity contribution in [3.8, 4) is 0 Å². The highest BCUT2D eigenvalue weighted by molar-refractivity contribution is 6.05. The smallest absolute Gasteiger partial charge is 0.255 e. The van der Waals surface area contributed by atoms with E-state index >= 15 is 0 Å². The molecule has 2 aliphatic heterocycles. The largest absolute Gasteiger partial charge is 0.327 e. The first-order valence-electron chi connectivity index (χ1n) is 10.3. The number of amides is 3. The minimum Gasteiger partial charge on any atom is -0.327 e. The van der Waals surface area contributed by atoms with Gasteiger partial charge in [-0.3, -0.25) is 19.7 Å². The molecule has 0 bridgehead atoms. The number of nitrogens with zero attached hydrogens (tertiary/aromatic N) is 1. The van der Waals surface area contributed by atoms with E-state index in [1.807, 2.05) is 18.2 Å². The van der Waals surface area contributed by atoms with Crippen LogP contribution in [0.1, 0.15) is 62.0 Å². The minimum atomic E-state index is -0.577. The molecule has 1 saturated heterocycles. The number of imide groups is 1. The van der Waals surface area contributed by atoms with Crippen LogP contribution in [0.15, 0.2) is 18.2 Å². The molecule has 1 unspecified atom stereocenters. The summed E-state index contributed by atoms with van der Waals surface area (Å²) in [7, 11) is 0. The van der Waals surface area contributed by atoms with Crippen LogP contribution in [0, 0.1) is 10.8 Å². The lowest BCUT2D eigenvalue weighted by Gasteiger charge is -2.63. The average molecular weight is 399 g/mol. The second-order valence-electron chi connectivity index (χ2n) is 9.83. The summed E-state index contributed by atoms with van der Waals surface area (Å²) in [4.78, 5) is 37.9. The van der Waals surface area contributed by atoms with E-state index in [9.17, 15) is 14.4 Å². The summed E-state index contributed by atoms with van der Waals surface area (Å²) in [5.74, 6) is -0.790. The first-order valence-corrected chi connectivity index (χ1v) is 10.3. The lowest BCUT2D eigenvalue weighted by Crippen LogP contribution is -2.75. The van der Waals surface area contributed by atoms with Crippen LogP contribution in [0.5, 0.6) is 0 Å². The van der Waals surface area contributed by atoms with Crippen molar-refractivity contribution in [3.05, 3.63) is 34.9 Å². The van der Waals surface area contributed by atoms with Gasteiger partial charge in [-0.1, -0.05) is 39.8 Å². The van der Waals surface area contributed by atoms with Crippen molar-refractivity contribution >= 4 is 17.7 Å². The predicted molar refractivity (Wildman–Crippen MR) is 109 cm³/mol. The van der Waals surface area contributed by atoms with Gasteiger partial charge >= 0.3 is 0 Å². The van der Waals surface area contributed by atoms with Crippen molar-refractivity contribution in [1.82, 2.24) is 15.5 Å². The molecule has 2 fully saturated rings. The highest BCUT2D eigenvalue weighted by Gasteiger charge is 2.59. The van der Waals surface area contributed by atoms with E-state index in [1.165, 1.54) is 0 Å². The van der Waals surface area contributed by atoms with E-state index in [0.29, 0.717) is 31.1 Å². The fraction of sp³-hybridized carbons (Fsp3) is 0.591. The highest BCUT2D eigenvalue weighted by atomic mass is 16.2. The van der Waals surface area contributed by atoms with Crippen LogP contribution < -0.4 is 16.4 Å². The van der Waals surface area contributed by atoms with Crippen molar-refractivity contribution in [2.24, 2.45) is 16.6 Å². The Morgan fingerprint density at radius 3 is 2.52 bits per heavy atom. The number of carbonyl (C=O) groups is 3. The molecule has 1 atom stereocenters. The topological polar surface area (TPSA) is 105 Å². The number of carbonyl (C=O) groups excluding carboxylic acids is 3. The van der Waals surface area contributed by atoms with E-state index in [1.54, 1.807) is 4.90 Å². The Morgan fingerprint density at radius 1 is 1.17 bits per heavy atom. The normalized spacial score (nSPS) is 30.0. The van der Waals surface area contributed by atoms with Crippen LogP contribution in [0.2, 0.25) is 0 Å². The van der Waals surface area contributed by atoms with Gasteiger partial charge in [-0.25, -0.2) is 0 Å². The van der Waals surface area contributed by atoms with Crippen LogP contribution in [0.25, 0.3) is 0 Å². The van der Waals surface area contributed by atoms with Gasteiger partial charge in [0, 0.05) is 37.2 Å². The van der Waals surface area contributed by atoms with E-state index in [-0.39, 0.29) is 41.0 Å². The second kappa shape index (κ2) is 6.64. The standard InChI is InChI=1S/C22H30N4O3/c1-21(2)19(23)22(3,4)20(21)24-10-12-5-6-14-13(9-12)11-26(18(14)29)15-7-8-16(27)25-17(15)28/h5-6,9,15,19-20,24H,7-8,10-11,23H2,1-4H3,(H,25,27,28). The van der Waals surface area contributed by atoms with Gasteiger partial charge < -0.3 is 16.0 Å². The van der Waals surface area contributed by atoms with Gasteiger partial charge in [-0.05, 0) is 34.4 Å². The fourth-order valence-corrected chi connectivity index (χ4v) is 5.66. The third-order valence-corrected chi connectivity index (χ3v) is 7.19. The Hall–Kier alpha value is -2.25. The predicted octanol–water partition coefficient (Wildman–Crippen LogP) is 1.30. The molecular formula is C22H30N4O3. The summed E-state index contributed by atoms with van der Waals surface area (Å²) in [6.45, 7) is 9.88. The quantitative estimate of drug-likeness (QED) is 0.663. The number of benzene rings is 1. The van der Waals surface area contributed by atoms with E-state index in [4.69, 9.17) is 5.73 Å². The Labute approximate surface area is 171 Å². The Morgan fingerprint density at radius 2 is 1.86 bits per heavy atom. The Kier molecular flexibility index (Phi) is 4.59. The lowest BCUT2D eigenvalue weighted by atomic mass is 9.48. The number of nitrogens with one attached hydrogen (secondary N) is 2. The molecule has 4 N–H and O–H groups in total. The average Bonchev–Trinajstić information content (AvgIpc) is 2.97. The molecule has 3 aliphatic rings. The first kappa shape index (κ1) is 20.0. The third kappa shape index (κ3) is 3.07. The maximum absolute atomic E-state index is 12.8. The Bertz CT molecular complexity index is 876. The number of fused-ring (bicyclic) bond motifs is 1. The van der Waals surface area contributed by atoms with Gasteiger partial charge in [0.05, 0.1) is 0 Å². The zero-order valence-corrected chi connectivity index (χ0v) is 17.5. The minimum absolute atomic E-state index is 0.0266. The van der Waals surface area contributed by atoms with Crippen molar-refractivity contribution in [3.63, 3.8) is 0 Å². The van der Waals surface area contributed by atoms with Gasteiger partial charge in [-0.2, -0.15) is 0 Å². The SMILES string of the molecule is CC1(C)C(N)C(C)(C)C1NCc1ccc2c(c1)CN(C1CCC(=O)NC1=O)C2=O. The molecule has 156 valence electrons. The second-order valence-corrected chi connectivity index (χ2v) is 9.83. The van der Waals surface area contributed by atoms with Gasteiger partial charge in [0.15, 0.2) is 0 Å². The van der Waals surface area contributed by atoms with E-state index in [2.05, 4.69) is 38.3 Å². The fourth-order valence-electron chi connectivity index (χ4n) is 5.66. The molecule has 0 spiro atoms.